The van der Waals surface area contributed by atoms with Crippen molar-refractivity contribution in [2.45, 2.75) is 19.8 Å². The van der Waals surface area contributed by atoms with Gasteiger partial charge in [-0.3, -0.25) is 14.7 Å². The van der Waals surface area contributed by atoms with Crippen LogP contribution in [0.4, 0.5) is 10.2 Å². The largest absolute Gasteiger partial charge is 0.462 e. The molecule has 2 aromatic carbocycles. The van der Waals surface area contributed by atoms with Gasteiger partial charge in [-0.15, -0.1) is 0 Å². The normalized spacial score (nSPS) is 15.9. The van der Waals surface area contributed by atoms with Gasteiger partial charge < -0.3 is 24.3 Å². The van der Waals surface area contributed by atoms with Gasteiger partial charge in [-0.2, -0.15) is 15.1 Å². The number of halogens is 2. The number of benzene rings is 2. The molecular weight excluding hydrogens is 599 g/mol. The van der Waals surface area contributed by atoms with Crippen LogP contribution < -0.4 is 9.64 Å². The van der Waals surface area contributed by atoms with Gasteiger partial charge in [0.15, 0.2) is 5.82 Å². The highest BCUT2D eigenvalue weighted by Crippen LogP contribution is 2.42. The number of piperazine rings is 1. The van der Waals surface area contributed by atoms with Gasteiger partial charge in [0.25, 0.3) is 0 Å². The summed E-state index contributed by atoms with van der Waals surface area (Å²) in [6.45, 7) is 5.75. The predicted octanol–water partition coefficient (Wildman–Crippen LogP) is 4.04. The second-order valence-electron chi connectivity index (χ2n) is 11.7. The number of anilines is 1. The molecule has 236 valence electrons. The Kier molecular flexibility index (Phi) is 8.86. The first-order chi connectivity index (χ1) is 21.7. The monoisotopic (exact) mass is 634 g/mol. The van der Waals surface area contributed by atoms with Crippen LogP contribution in [0.5, 0.6) is 6.01 Å². The lowest BCUT2D eigenvalue weighted by molar-refractivity contribution is -0.128. The summed E-state index contributed by atoms with van der Waals surface area (Å²) in [7, 11) is 3.89. The summed E-state index contributed by atoms with van der Waals surface area (Å²) in [4.78, 5) is 41.6. The maximum absolute atomic E-state index is 16.7. The molecule has 0 atom stereocenters. The number of carbonyl (C=O) groups excluding carboxylic acids is 2. The molecule has 0 aliphatic carbocycles. The highest BCUT2D eigenvalue weighted by atomic mass is 35.5. The van der Waals surface area contributed by atoms with E-state index in [1.165, 1.54) is 0 Å². The zero-order valence-electron chi connectivity index (χ0n) is 25.6. The summed E-state index contributed by atoms with van der Waals surface area (Å²) >= 11 is 6.86. The average molecular weight is 635 g/mol. The zero-order valence-corrected chi connectivity index (χ0v) is 26.4. The lowest BCUT2D eigenvalue weighted by Crippen LogP contribution is -2.48. The SMILES string of the molecule is Cc1ccc2[nH]ncc2c1-c1c(Cl)cc2c(N3CCN(C(=O)/C=C/CN(C)C)CC3)nc(OCCN3CCCC3=O)nc2c1F. The number of ether oxygens (including phenoxy) is 1. The average Bonchev–Trinajstić information content (AvgIpc) is 3.67. The number of amides is 2. The minimum Gasteiger partial charge on any atom is -0.462 e. The van der Waals surface area contributed by atoms with E-state index in [0.29, 0.717) is 69.0 Å². The van der Waals surface area contributed by atoms with Crippen molar-refractivity contribution in [2.24, 2.45) is 0 Å². The van der Waals surface area contributed by atoms with Crippen molar-refractivity contribution in [1.29, 1.82) is 0 Å². The number of aryl methyl sites for hydroxylation is 1. The molecular formula is C32H36ClFN8O3. The Balaban J connectivity index is 1.36. The number of nitrogens with one attached hydrogen (secondary N) is 1. The minimum atomic E-state index is -0.586. The van der Waals surface area contributed by atoms with E-state index in [-0.39, 0.29) is 40.5 Å². The number of hydrogen-bond donors (Lipinski definition) is 1. The molecule has 2 fully saturated rings. The summed E-state index contributed by atoms with van der Waals surface area (Å²) in [5, 5.41) is 8.51. The smallest absolute Gasteiger partial charge is 0.319 e. The standard InChI is InChI=1S/C32H36ClFN8O3/c1-20-8-9-24-22(19-35-38-24)27(20)28-23(33)18-21-30(29(28)34)36-32(45-17-16-40-11-5-7-25(40)43)37-31(21)42-14-12-41(13-15-42)26(44)6-4-10-39(2)3/h4,6,8-9,18-19H,5,7,10-17H2,1-3H3,(H,35,38)/b6-4+. The number of rotatable bonds is 9. The fourth-order valence-electron chi connectivity index (χ4n) is 5.95. The molecule has 2 aliphatic rings. The number of aromatic nitrogens is 4. The molecule has 13 heteroatoms. The van der Waals surface area contributed by atoms with Crippen LogP contribution in [0, 0.1) is 12.7 Å². The number of likely N-dealkylation sites (tertiary alicyclic amines) is 1. The number of hydrogen-bond acceptors (Lipinski definition) is 8. The molecule has 4 heterocycles. The number of nitrogens with zero attached hydrogens (tertiary/aromatic N) is 7. The maximum atomic E-state index is 16.7. The van der Waals surface area contributed by atoms with Gasteiger partial charge in [0.05, 0.1) is 23.3 Å². The molecule has 2 aromatic heterocycles. The molecule has 0 radical (unpaired) electrons. The van der Waals surface area contributed by atoms with E-state index in [2.05, 4.69) is 15.2 Å². The van der Waals surface area contributed by atoms with E-state index in [1.807, 2.05) is 49.0 Å². The van der Waals surface area contributed by atoms with Crippen molar-refractivity contribution >= 4 is 51.0 Å². The molecule has 0 spiro atoms. The van der Waals surface area contributed by atoms with Crippen LogP contribution in [-0.4, -0.2) is 113 Å². The topological polar surface area (TPSA) is 111 Å². The first-order valence-corrected chi connectivity index (χ1v) is 15.5. The van der Waals surface area contributed by atoms with Gasteiger partial charge >= 0.3 is 6.01 Å². The number of fused-ring (bicyclic) bond motifs is 2. The summed E-state index contributed by atoms with van der Waals surface area (Å²) in [5.74, 6) is -0.0608. The quantitative estimate of drug-likeness (QED) is 0.275. The van der Waals surface area contributed by atoms with Gasteiger partial charge in [0, 0.05) is 73.7 Å². The molecule has 2 aliphatic heterocycles. The second kappa shape index (κ2) is 13.0. The predicted molar refractivity (Wildman–Crippen MR) is 172 cm³/mol. The van der Waals surface area contributed by atoms with Crippen molar-refractivity contribution < 1.29 is 18.7 Å². The number of carbonyl (C=O) groups is 2. The summed E-state index contributed by atoms with van der Waals surface area (Å²) in [5.41, 5.74) is 2.54. The Morgan fingerprint density at radius 1 is 1.13 bits per heavy atom. The summed E-state index contributed by atoms with van der Waals surface area (Å²) < 4.78 is 22.7. The molecule has 11 nitrogen and oxygen atoms in total. The Morgan fingerprint density at radius 3 is 2.67 bits per heavy atom. The van der Waals surface area contributed by atoms with Crippen molar-refractivity contribution in [1.82, 2.24) is 34.9 Å². The first-order valence-electron chi connectivity index (χ1n) is 15.1. The highest BCUT2D eigenvalue weighted by molar-refractivity contribution is 6.35. The number of likely N-dealkylation sites (N-methyl/N-ethyl adjacent to an activating group) is 1. The summed E-state index contributed by atoms with van der Waals surface area (Å²) in [6, 6.07) is 5.51. The maximum Gasteiger partial charge on any atom is 0.319 e. The molecule has 0 bridgehead atoms. The summed E-state index contributed by atoms with van der Waals surface area (Å²) in [6.07, 6.45) is 6.47. The van der Waals surface area contributed by atoms with Gasteiger partial charge in [0.1, 0.15) is 17.9 Å². The van der Waals surface area contributed by atoms with Crippen molar-refractivity contribution in [3.05, 3.63) is 53.0 Å². The van der Waals surface area contributed by atoms with Gasteiger partial charge in [-0.1, -0.05) is 23.7 Å². The van der Waals surface area contributed by atoms with Crippen LogP contribution in [0.25, 0.3) is 32.9 Å². The molecule has 2 amide bonds. The second-order valence-corrected chi connectivity index (χ2v) is 12.1. The molecule has 2 saturated heterocycles. The van der Waals surface area contributed by atoms with Crippen LogP contribution in [0.15, 0.2) is 36.5 Å². The van der Waals surface area contributed by atoms with Crippen LogP contribution in [0.1, 0.15) is 18.4 Å². The van der Waals surface area contributed by atoms with E-state index in [4.69, 9.17) is 21.3 Å². The molecule has 0 unspecified atom stereocenters. The molecule has 6 rings (SSSR count). The lowest BCUT2D eigenvalue weighted by Gasteiger charge is -2.35. The van der Waals surface area contributed by atoms with Gasteiger partial charge in [0.2, 0.25) is 11.8 Å². The van der Waals surface area contributed by atoms with E-state index < -0.39 is 5.82 Å². The molecule has 4 aromatic rings. The minimum absolute atomic E-state index is 0.0136. The van der Waals surface area contributed by atoms with Crippen molar-refractivity contribution in [3.8, 4) is 17.1 Å². The third-order valence-corrected chi connectivity index (χ3v) is 8.61. The third-order valence-electron chi connectivity index (χ3n) is 8.31. The fraction of sp³-hybridized carbons (Fsp3) is 0.406. The van der Waals surface area contributed by atoms with E-state index in [1.54, 1.807) is 28.1 Å². The Morgan fingerprint density at radius 2 is 1.93 bits per heavy atom. The first kappa shape index (κ1) is 30.7. The molecule has 45 heavy (non-hydrogen) atoms. The van der Waals surface area contributed by atoms with Gasteiger partial charge in [-0.25, -0.2) is 4.39 Å². The van der Waals surface area contributed by atoms with E-state index >= 15 is 4.39 Å². The highest BCUT2D eigenvalue weighted by Gasteiger charge is 2.27. The van der Waals surface area contributed by atoms with Crippen LogP contribution in [0.2, 0.25) is 5.02 Å². The number of aromatic amines is 1. The zero-order chi connectivity index (χ0) is 31.7. The van der Waals surface area contributed by atoms with Crippen LogP contribution in [0.3, 0.4) is 0 Å². The lowest BCUT2D eigenvalue weighted by atomic mass is 9.95. The third kappa shape index (κ3) is 6.30. The van der Waals surface area contributed by atoms with Gasteiger partial charge in [-0.05, 0) is 45.1 Å². The number of H-pyrrole nitrogens is 1. The van der Waals surface area contributed by atoms with Crippen molar-refractivity contribution in [3.63, 3.8) is 0 Å². The fourth-order valence-corrected chi connectivity index (χ4v) is 6.24. The van der Waals surface area contributed by atoms with E-state index in [0.717, 1.165) is 22.9 Å². The molecule has 0 saturated carbocycles. The van der Waals surface area contributed by atoms with Crippen LogP contribution in [-0.2, 0) is 9.59 Å². The Bertz CT molecular complexity index is 1780. The van der Waals surface area contributed by atoms with Crippen molar-refractivity contribution in [2.75, 3.05) is 71.4 Å². The van der Waals surface area contributed by atoms with E-state index in [9.17, 15) is 9.59 Å². The van der Waals surface area contributed by atoms with Crippen LogP contribution >= 0.6 is 11.6 Å². The Labute approximate surface area is 265 Å². The Hall–Kier alpha value is -4.29. The molecule has 1 N–H and O–H groups in total.